The quantitative estimate of drug-likeness (QED) is 0.871. The number of hydrogen-bond acceptors (Lipinski definition) is 2. The second kappa shape index (κ2) is 4.36. The fraction of sp³-hybridized carbons (Fsp3) is 0.438. The molecule has 0 radical (unpaired) electrons. The van der Waals surface area contributed by atoms with Gasteiger partial charge in [0.15, 0.2) is 0 Å². The summed E-state index contributed by atoms with van der Waals surface area (Å²) in [7, 11) is 2.07. The first-order valence-electron chi connectivity index (χ1n) is 6.74. The van der Waals surface area contributed by atoms with E-state index in [9.17, 15) is 0 Å². The molecule has 0 bridgehead atoms. The number of hydrogen-bond donors (Lipinski definition) is 1. The first-order valence-corrected chi connectivity index (χ1v) is 6.74. The zero-order valence-electron chi connectivity index (χ0n) is 11.1. The predicted octanol–water partition coefficient (Wildman–Crippen LogP) is 3.26. The van der Waals surface area contributed by atoms with E-state index >= 15 is 0 Å². The number of rotatable bonds is 2. The second-order valence-electron chi connectivity index (χ2n) is 5.70. The van der Waals surface area contributed by atoms with Crippen molar-refractivity contribution >= 4 is 10.9 Å². The predicted molar refractivity (Wildman–Crippen MR) is 75.8 cm³/mol. The van der Waals surface area contributed by atoms with Crippen LogP contribution in [0.25, 0.3) is 10.9 Å². The molecule has 0 aliphatic heterocycles. The highest BCUT2D eigenvalue weighted by molar-refractivity contribution is 5.79. The smallest absolute Gasteiger partial charge is 0.0702 e. The molecule has 2 nitrogen and oxygen atoms in total. The lowest BCUT2D eigenvalue weighted by molar-refractivity contribution is 0.467. The number of pyridine rings is 1. The molecule has 2 heteroatoms. The molecule has 3 rings (SSSR count). The molecule has 1 aliphatic carbocycles. The molecule has 1 aromatic carbocycles. The van der Waals surface area contributed by atoms with Gasteiger partial charge in [0.2, 0.25) is 0 Å². The third kappa shape index (κ3) is 1.91. The van der Waals surface area contributed by atoms with E-state index < -0.39 is 0 Å². The minimum atomic E-state index is 0.317. The summed E-state index contributed by atoms with van der Waals surface area (Å²) in [5, 5.41) is 4.67. The molecule has 2 aromatic rings. The van der Waals surface area contributed by atoms with E-state index in [1.54, 1.807) is 0 Å². The molecule has 2 unspecified atom stereocenters. The van der Waals surface area contributed by atoms with Crippen molar-refractivity contribution in [3.8, 4) is 0 Å². The average molecular weight is 240 g/mol. The first-order chi connectivity index (χ1) is 8.71. The van der Waals surface area contributed by atoms with E-state index in [0.29, 0.717) is 11.5 Å². The van der Waals surface area contributed by atoms with Crippen LogP contribution in [0.5, 0.6) is 0 Å². The van der Waals surface area contributed by atoms with E-state index in [1.165, 1.54) is 30.2 Å². The van der Waals surface area contributed by atoms with Gasteiger partial charge >= 0.3 is 0 Å². The summed E-state index contributed by atoms with van der Waals surface area (Å²) in [6, 6.07) is 11.6. The Hall–Kier alpha value is -1.41. The van der Waals surface area contributed by atoms with Gasteiger partial charge in [0.05, 0.1) is 5.52 Å². The Labute approximate surface area is 108 Å². The zero-order chi connectivity index (χ0) is 12.6. The van der Waals surface area contributed by atoms with Crippen molar-refractivity contribution in [2.75, 3.05) is 7.05 Å². The molecule has 0 amide bonds. The fourth-order valence-corrected chi connectivity index (χ4v) is 3.20. The van der Waals surface area contributed by atoms with Crippen LogP contribution in [0.1, 0.15) is 31.7 Å². The summed E-state index contributed by atoms with van der Waals surface area (Å²) in [5.74, 6) is 0. The molecule has 1 aliphatic rings. The van der Waals surface area contributed by atoms with Crippen molar-refractivity contribution in [3.63, 3.8) is 0 Å². The Kier molecular flexibility index (Phi) is 2.83. The molecule has 94 valence electrons. The highest BCUT2D eigenvalue weighted by Gasteiger charge is 2.35. The van der Waals surface area contributed by atoms with Gasteiger partial charge in [-0.1, -0.05) is 19.1 Å². The molecule has 1 heterocycles. The molecule has 0 spiro atoms. The standard InChI is InChI=1S/C16H20N2/c1-16(8-7-14(11-16)17-2)13-5-6-15-12(10-13)4-3-9-18-15/h3-6,9-10,14,17H,7-8,11H2,1-2H3. The van der Waals surface area contributed by atoms with Gasteiger partial charge in [0.1, 0.15) is 0 Å². The third-order valence-corrected chi connectivity index (χ3v) is 4.45. The maximum Gasteiger partial charge on any atom is 0.0702 e. The Balaban J connectivity index is 1.99. The maximum atomic E-state index is 4.39. The summed E-state index contributed by atoms with van der Waals surface area (Å²) < 4.78 is 0. The van der Waals surface area contributed by atoms with Crippen LogP contribution >= 0.6 is 0 Å². The normalized spacial score (nSPS) is 27.8. The molecule has 1 N–H and O–H groups in total. The number of nitrogens with one attached hydrogen (secondary N) is 1. The highest BCUT2D eigenvalue weighted by Crippen LogP contribution is 2.41. The minimum absolute atomic E-state index is 0.317. The van der Waals surface area contributed by atoms with Gasteiger partial charge in [-0.3, -0.25) is 4.98 Å². The SMILES string of the molecule is CNC1CCC(C)(c2ccc3ncccc3c2)C1. The van der Waals surface area contributed by atoms with Gasteiger partial charge in [-0.15, -0.1) is 0 Å². The van der Waals surface area contributed by atoms with Gasteiger partial charge < -0.3 is 5.32 Å². The van der Waals surface area contributed by atoms with E-state index in [2.05, 4.69) is 48.5 Å². The molecule has 1 fully saturated rings. The molecule has 1 aromatic heterocycles. The number of fused-ring (bicyclic) bond motifs is 1. The lowest BCUT2D eigenvalue weighted by Gasteiger charge is -2.25. The summed E-state index contributed by atoms with van der Waals surface area (Å²) in [4.78, 5) is 4.39. The number of aromatic nitrogens is 1. The van der Waals surface area contributed by atoms with Crippen molar-refractivity contribution in [1.82, 2.24) is 10.3 Å². The van der Waals surface area contributed by atoms with Gasteiger partial charge in [0, 0.05) is 17.6 Å². The Morgan fingerprint density at radius 2 is 2.22 bits per heavy atom. The lowest BCUT2D eigenvalue weighted by Crippen LogP contribution is -2.25. The molecule has 1 saturated carbocycles. The Bertz CT molecular complexity index is 564. The van der Waals surface area contributed by atoms with Crippen LogP contribution < -0.4 is 5.32 Å². The van der Waals surface area contributed by atoms with Gasteiger partial charge in [0.25, 0.3) is 0 Å². The summed E-state index contributed by atoms with van der Waals surface area (Å²) in [6.07, 6.45) is 5.63. The summed E-state index contributed by atoms with van der Waals surface area (Å²) >= 11 is 0. The van der Waals surface area contributed by atoms with E-state index in [-0.39, 0.29) is 0 Å². The Morgan fingerprint density at radius 1 is 1.33 bits per heavy atom. The fourth-order valence-electron chi connectivity index (χ4n) is 3.20. The van der Waals surface area contributed by atoms with Crippen molar-refractivity contribution in [2.24, 2.45) is 0 Å². The van der Waals surface area contributed by atoms with Gasteiger partial charge in [-0.25, -0.2) is 0 Å². The molecular formula is C16H20N2. The van der Waals surface area contributed by atoms with Gasteiger partial charge in [-0.2, -0.15) is 0 Å². The lowest BCUT2D eigenvalue weighted by atomic mass is 9.80. The highest BCUT2D eigenvalue weighted by atomic mass is 14.9. The minimum Gasteiger partial charge on any atom is -0.317 e. The number of nitrogens with zero attached hydrogens (tertiary/aromatic N) is 1. The number of benzene rings is 1. The van der Waals surface area contributed by atoms with Crippen LogP contribution in [0.2, 0.25) is 0 Å². The molecule has 0 saturated heterocycles. The molecule has 2 atom stereocenters. The average Bonchev–Trinajstić information content (AvgIpc) is 2.81. The maximum absolute atomic E-state index is 4.39. The van der Waals surface area contributed by atoms with Crippen molar-refractivity contribution in [3.05, 3.63) is 42.1 Å². The topological polar surface area (TPSA) is 24.9 Å². The van der Waals surface area contributed by atoms with E-state index in [4.69, 9.17) is 0 Å². The van der Waals surface area contributed by atoms with Crippen LogP contribution in [0.3, 0.4) is 0 Å². The monoisotopic (exact) mass is 240 g/mol. The third-order valence-electron chi connectivity index (χ3n) is 4.45. The van der Waals surface area contributed by atoms with Crippen LogP contribution in [0, 0.1) is 0 Å². The zero-order valence-corrected chi connectivity index (χ0v) is 11.1. The summed E-state index contributed by atoms with van der Waals surface area (Å²) in [5.41, 5.74) is 2.87. The van der Waals surface area contributed by atoms with Crippen LogP contribution in [-0.4, -0.2) is 18.1 Å². The summed E-state index contributed by atoms with van der Waals surface area (Å²) in [6.45, 7) is 2.39. The van der Waals surface area contributed by atoms with Crippen molar-refractivity contribution in [1.29, 1.82) is 0 Å². The van der Waals surface area contributed by atoms with Crippen LogP contribution in [0.4, 0.5) is 0 Å². The molecule has 18 heavy (non-hydrogen) atoms. The van der Waals surface area contributed by atoms with Crippen molar-refractivity contribution < 1.29 is 0 Å². The Morgan fingerprint density at radius 3 is 3.00 bits per heavy atom. The van der Waals surface area contributed by atoms with E-state index in [0.717, 1.165) is 5.52 Å². The first kappa shape index (κ1) is 11.7. The largest absolute Gasteiger partial charge is 0.317 e. The van der Waals surface area contributed by atoms with Gasteiger partial charge in [-0.05, 0) is 55.5 Å². The van der Waals surface area contributed by atoms with Crippen LogP contribution in [0.15, 0.2) is 36.5 Å². The van der Waals surface area contributed by atoms with Crippen LogP contribution in [-0.2, 0) is 5.41 Å². The molecular weight excluding hydrogens is 220 g/mol. The second-order valence-corrected chi connectivity index (χ2v) is 5.70. The van der Waals surface area contributed by atoms with Crippen molar-refractivity contribution in [2.45, 2.75) is 37.6 Å². The van der Waals surface area contributed by atoms with E-state index in [1.807, 2.05) is 12.3 Å².